The first kappa shape index (κ1) is 36.6. The fourth-order valence-corrected chi connectivity index (χ4v) is 13.1. The molecule has 0 spiro atoms. The number of ether oxygens (including phenoxy) is 1. The highest BCUT2D eigenvalue weighted by molar-refractivity contribution is 7.99. The molecule has 4 N–H and O–H groups in total. The quantitative estimate of drug-likeness (QED) is 0.0766. The molecule has 2 aliphatic rings. The Kier molecular flexibility index (Phi) is 11.4. The van der Waals surface area contributed by atoms with E-state index in [4.69, 9.17) is 36.8 Å². The van der Waals surface area contributed by atoms with E-state index < -0.39 is 70.6 Å². The SMILES string of the molecule is COP1(=O)OP(=O)(OCC2OC(n3cnc4c(NCCSC)nc(SCCC(F)(F)F)nc43)[C@@H](O)[C@H]2O)OP(=O)(O)C1(Cl)Cl. The van der Waals surface area contributed by atoms with Gasteiger partial charge in [0, 0.05) is 25.2 Å². The maximum atomic E-state index is 13.0. The molecule has 4 rings (SSSR count). The Morgan fingerprint density at radius 1 is 1.18 bits per heavy atom. The lowest BCUT2D eigenvalue weighted by atomic mass is 10.1. The average molecular weight is 772 g/mol. The van der Waals surface area contributed by atoms with Crippen LogP contribution in [0.1, 0.15) is 12.6 Å². The van der Waals surface area contributed by atoms with E-state index in [1.807, 2.05) is 6.26 Å². The van der Waals surface area contributed by atoms with Gasteiger partial charge in [0.15, 0.2) is 28.4 Å². The van der Waals surface area contributed by atoms with Crippen LogP contribution in [-0.2, 0) is 36.1 Å². The van der Waals surface area contributed by atoms with Crippen LogP contribution in [0.15, 0.2) is 11.5 Å². The van der Waals surface area contributed by atoms with Crippen molar-refractivity contribution in [1.82, 2.24) is 19.5 Å². The summed E-state index contributed by atoms with van der Waals surface area (Å²) in [5.41, 5.74) is 0.220. The molecule has 7 atom stereocenters. The molecule has 0 aliphatic carbocycles. The fourth-order valence-electron chi connectivity index (χ4n) is 3.79. The maximum Gasteiger partial charge on any atom is 0.489 e. The number of aliphatic hydroxyl groups is 2. The first-order valence-electron chi connectivity index (χ1n) is 12.1. The van der Waals surface area contributed by atoms with Gasteiger partial charge in [0.05, 0.1) is 19.4 Å². The summed E-state index contributed by atoms with van der Waals surface area (Å²) in [6, 6.07) is 0. The summed E-state index contributed by atoms with van der Waals surface area (Å²) in [6.07, 6.45) is -8.79. The maximum absolute atomic E-state index is 13.0. The number of nitrogens with one attached hydrogen (secondary N) is 1. The van der Waals surface area contributed by atoms with Crippen molar-refractivity contribution in [1.29, 1.82) is 0 Å². The summed E-state index contributed by atoms with van der Waals surface area (Å²) in [7, 11) is -14.8. The van der Waals surface area contributed by atoms with E-state index in [-0.39, 0.29) is 27.9 Å². The Morgan fingerprint density at radius 3 is 2.52 bits per heavy atom. The normalized spacial score (nSPS) is 34.0. The van der Waals surface area contributed by atoms with Crippen LogP contribution in [0, 0.1) is 0 Å². The smallest absolute Gasteiger partial charge is 0.387 e. The van der Waals surface area contributed by atoms with Gasteiger partial charge in [-0.1, -0.05) is 35.0 Å². The highest BCUT2D eigenvalue weighted by Crippen LogP contribution is 2.91. The number of phosphoric acid groups is 1. The van der Waals surface area contributed by atoms with Gasteiger partial charge in [-0.05, 0) is 6.26 Å². The predicted octanol–water partition coefficient (Wildman–Crippen LogP) is 4.55. The van der Waals surface area contributed by atoms with Crippen molar-refractivity contribution >= 4 is 86.7 Å². The molecule has 5 unspecified atom stereocenters. The number of hydrogen-bond acceptors (Lipinski definition) is 16. The van der Waals surface area contributed by atoms with Crippen molar-refractivity contribution in [2.75, 3.05) is 43.3 Å². The van der Waals surface area contributed by atoms with Crippen LogP contribution in [0.2, 0.25) is 0 Å². The molecule has 2 fully saturated rings. The number of hydrogen-bond donors (Lipinski definition) is 4. The summed E-state index contributed by atoms with van der Waals surface area (Å²) in [5.74, 6) is 0.505. The molecule has 16 nitrogen and oxygen atoms in total. The van der Waals surface area contributed by atoms with E-state index in [1.54, 1.807) is 0 Å². The van der Waals surface area contributed by atoms with Crippen molar-refractivity contribution in [2.45, 2.75) is 46.1 Å². The highest BCUT2D eigenvalue weighted by atomic mass is 35.5. The number of aromatic nitrogens is 4. The van der Waals surface area contributed by atoms with Gasteiger partial charge in [-0.2, -0.15) is 24.9 Å². The van der Waals surface area contributed by atoms with Gasteiger partial charge >= 0.3 is 33.0 Å². The Hall–Kier alpha value is -0.210. The zero-order valence-electron chi connectivity index (χ0n) is 22.4. The van der Waals surface area contributed by atoms with Crippen molar-refractivity contribution in [2.24, 2.45) is 0 Å². The first-order valence-corrected chi connectivity index (χ1v) is 19.8. The third-order valence-electron chi connectivity index (χ3n) is 5.95. The van der Waals surface area contributed by atoms with E-state index in [0.717, 1.165) is 18.9 Å². The number of thioether (sulfide) groups is 2. The molecule has 0 amide bonds. The van der Waals surface area contributed by atoms with E-state index in [2.05, 4.69) is 29.1 Å². The Morgan fingerprint density at radius 2 is 1.89 bits per heavy atom. The molecule has 0 aromatic carbocycles. The molecular formula is C18H25Cl2F3N5O11P3S2. The van der Waals surface area contributed by atoms with Gasteiger partial charge in [0.25, 0.3) is 0 Å². The molecule has 0 bridgehead atoms. The molecule has 250 valence electrons. The van der Waals surface area contributed by atoms with Crippen molar-refractivity contribution in [3.8, 4) is 0 Å². The topological polar surface area (TPSA) is 214 Å². The minimum absolute atomic E-state index is 0.0292. The second-order valence-electron chi connectivity index (χ2n) is 8.97. The van der Waals surface area contributed by atoms with Crippen LogP contribution in [0.25, 0.3) is 11.2 Å². The zero-order chi connectivity index (χ0) is 32.7. The number of imidazole rings is 1. The number of anilines is 1. The second-order valence-corrected chi connectivity index (χ2v) is 20.0. The Balaban J connectivity index is 1.56. The Bertz CT molecular complexity index is 1510. The summed E-state index contributed by atoms with van der Waals surface area (Å²) < 4.78 is 98.8. The number of nitrogens with zero attached hydrogens (tertiary/aromatic N) is 4. The van der Waals surface area contributed by atoms with E-state index in [1.165, 1.54) is 22.7 Å². The van der Waals surface area contributed by atoms with Gasteiger partial charge < -0.3 is 29.7 Å². The molecule has 26 heteroatoms. The third-order valence-corrected chi connectivity index (χ3v) is 17.1. The van der Waals surface area contributed by atoms with Crippen molar-refractivity contribution < 1.29 is 64.4 Å². The molecular weight excluding hydrogens is 747 g/mol. The second kappa shape index (κ2) is 13.7. The van der Waals surface area contributed by atoms with Crippen LogP contribution in [0.5, 0.6) is 0 Å². The van der Waals surface area contributed by atoms with Crippen LogP contribution in [0.3, 0.4) is 0 Å². The lowest BCUT2D eigenvalue weighted by Crippen LogP contribution is -2.34. The van der Waals surface area contributed by atoms with E-state index in [9.17, 15) is 42.0 Å². The van der Waals surface area contributed by atoms with Crippen LogP contribution in [0.4, 0.5) is 19.0 Å². The molecule has 2 aromatic rings. The average Bonchev–Trinajstić information content (AvgIpc) is 3.46. The molecule has 2 aromatic heterocycles. The standard InChI is InChI=1S/C18H25Cl2F3N5O11P3S2/c1-35-41(33)18(19,20)40(31,32)38-42(34,39-41)36-7-9-11(29)12(30)15(37-9)28-8-25-10-13(24-4-6-43-2)26-16(27-14(10)28)44-5-3-17(21,22)23/h8-9,11-12,15,29-30H,3-7H2,1-2H3,(H,31,32)(H,24,26,27)/t9?,11-,12-,15?,41?,42?/m0/s1. The minimum atomic E-state index is -5.38. The molecule has 2 aliphatic heterocycles. The number of halogens is 5. The summed E-state index contributed by atoms with van der Waals surface area (Å²) in [5, 5.41) is 24.5. The number of aliphatic hydroxyl groups excluding tert-OH is 2. The molecule has 2 saturated heterocycles. The number of fused-ring (bicyclic) bond motifs is 1. The lowest BCUT2D eigenvalue weighted by molar-refractivity contribution is -0.129. The largest absolute Gasteiger partial charge is 0.489 e. The van der Waals surface area contributed by atoms with Gasteiger partial charge in [-0.3, -0.25) is 18.2 Å². The highest BCUT2D eigenvalue weighted by Gasteiger charge is 2.71. The van der Waals surface area contributed by atoms with Crippen LogP contribution < -0.4 is 5.32 Å². The monoisotopic (exact) mass is 771 g/mol. The van der Waals surface area contributed by atoms with Gasteiger partial charge in [0.2, 0.25) is 0 Å². The Labute approximate surface area is 265 Å². The first-order chi connectivity index (χ1) is 20.4. The van der Waals surface area contributed by atoms with E-state index in [0.29, 0.717) is 12.3 Å². The molecule has 0 saturated carbocycles. The van der Waals surface area contributed by atoms with E-state index >= 15 is 0 Å². The van der Waals surface area contributed by atoms with Gasteiger partial charge in [0.1, 0.15) is 18.3 Å². The van der Waals surface area contributed by atoms with Crippen molar-refractivity contribution in [3.63, 3.8) is 0 Å². The zero-order valence-corrected chi connectivity index (χ0v) is 28.2. The number of alkyl halides is 5. The number of rotatable bonds is 12. The molecule has 44 heavy (non-hydrogen) atoms. The van der Waals surface area contributed by atoms with Crippen LogP contribution in [-0.4, -0.2) is 101 Å². The molecule has 4 heterocycles. The lowest BCUT2D eigenvalue weighted by Gasteiger charge is -2.37. The third kappa shape index (κ3) is 7.58. The summed E-state index contributed by atoms with van der Waals surface area (Å²) in [6.45, 7) is -0.488. The van der Waals surface area contributed by atoms with Gasteiger partial charge in [-0.25, -0.2) is 28.1 Å². The summed E-state index contributed by atoms with van der Waals surface area (Å²) in [4.78, 5) is 22.8. The van der Waals surface area contributed by atoms with Crippen molar-refractivity contribution in [3.05, 3.63) is 6.33 Å². The van der Waals surface area contributed by atoms with Gasteiger partial charge in [-0.15, -0.1) is 0 Å². The predicted molar refractivity (Wildman–Crippen MR) is 154 cm³/mol. The molecule has 0 radical (unpaired) electrons. The van der Waals surface area contributed by atoms with Crippen LogP contribution >= 0.6 is 69.7 Å². The fraction of sp³-hybridized carbons (Fsp3) is 0.722. The minimum Gasteiger partial charge on any atom is -0.387 e. The summed E-state index contributed by atoms with van der Waals surface area (Å²) >= 11 is 13.6.